The van der Waals surface area contributed by atoms with Crippen LogP contribution >= 0.6 is 0 Å². The normalized spacial score (nSPS) is 16.6. The van der Waals surface area contributed by atoms with Crippen molar-refractivity contribution in [1.29, 1.82) is 0 Å². The zero-order valence-corrected chi connectivity index (χ0v) is 41.2. The Bertz CT molecular complexity index is 2200. The molecule has 15 heteroatoms. The van der Waals surface area contributed by atoms with Crippen molar-refractivity contribution < 1.29 is 143 Å². The predicted molar refractivity (Wildman–Crippen MR) is 222 cm³/mol. The fraction of sp³-hybridized carbons (Fsp3) is 0.364. The molecule has 4 aromatic carbocycles. The number of carboxylic acid groups (broad SMARTS) is 2. The SMILES string of the molecule is CCN(C1CCC(C(=O)O)CC1)S(=O)(=O)c1cccc(C(=O)Nc2ccc(N3CCCCC3)cc2C(=O)Nc2ccc(CCCc3ccc(C(=O)O)cc3)cc2)c1.[H-].[H-].[K+].[K+]. The molecular weight excluding hydrogens is 823 g/mol. The smallest absolute Gasteiger partial charge is 1.00 e. The molecule has 0 unspecified atom stereocenters. The number of amides is 2. The number of piperidine rings is 1. The van der Waals surface area contributed by atoms with E-state index < -0.39 is 39.7 Å². The third-order valence-electron chi connectivity index (χ3n) is 11.0. The van der Waals surface area contributed by atoms with Crippen LogP contribution in [-0.2, 0) is 27.7 Å². The van der Waals surface area contributed by atoms with E-state index in [1.54, 1.807) is 31.2 Å². The van der Waals surface area contributed by atoms with Crippen molar-refractivity contribution in [3.63, 3.8) is 0 Å². The Morgan fingerprint density at radius 2 is 1.37 bits per heavy atom. The number of nitrogens with one attached hydrogen (secondary N) is 2. The number of hydrogen-bond donors (Lipinski definition) is 4. The second kappa shape index (κ2) is 23.3. The maximum absolute atomic E-state index is 13.9. The summed E-state index contributed by atoms with van der Waals surface area (Å²) >= 11 is 0. The number of rotatable bonds is 15. The average Bonchev–Trinajstić information content (AvgIpc) is 3.22. The van der Waals surface area contributed by atoms with Gasteiger partial charge in [0.15, 0.2) is 0 Å². The molecule has 0 bridgehead atoms. The maximum atomic E-state index is 13.9. The van der Waals surface area contributed by atoms with Gasteiger partial charge in [0.25, 0.3) is 11.8 Å². The predicted octanol–water partition coefficient (Wildman–Crippen LogP) is 1.94. The molecule has 6 rings (SSSR count). The minimum atomic E-state index is -4.00. The van der Waals surface area contributed by atoms with Gasteiger partial charge in [-0.3, -0.25) is 14.4 Å². The second-order valence-corrected chi connectivity index (χ2v) is 16.7. The topological polar surface area (TPSA) is 173 Å². The first kappa shape index (κ1) is 49.4. The summed E-state index contributed by atoms with van der Waals surface area (Å²) in [6.07, 6.45) is 7.40. The van der Waals surface area contributed by atoms with Crippen molar-refractivity contribution in [1.82, 2.24) is 4.31 Å². The number of nitrogens with zero attached hydrogens (tertiary/aromatic N) is 2. The van der Waals surface area contributed by atoms with E-state index in [1.807, 2.05) is 42.5 Å². The second-order valence-electron chi connectivity index (χ2n) is 14.8. The summed E-state index contributed by atoms with van der Waals surface area (Å²) in [4.78, 5) is 52.5. The molecule has 1 heterocycles. The van der Waals surface area contributed by atoms with Crippen molar-refractivity contribution in [3.8, 4) is 0 Å². The number of carbonyl (C=O) groups is 4. The van der Waals surface area contributed by atoms with Gasteiger partial charge in [-0.05, 0) is 136 Å². The van der Waals surface area contributed by atoms with Crippen LogP contribution in [0, 0.1) is 5.92 Å². The van der Waals surface area contributed by atoms with Crippen LogP contribution in [0.3, 0.4) is 0 Å². The van der Waals surface area contributed by atoms with Gasteiger partial charge in [0.1, 0.15) is 0 Å². The summed E-state index contributed by atoms with van der Waals surface area (Å²) in [6, 6.07) is 25.4. The average molecular weight is 875 g/mol. The van der Waals surface area contributed by atoms with Gasteiger partial charge >= 0.3 is 115 Å². The number of anilines is 3. The molecule has 2 fully saturated rings. The summed E-state index contributed by atoms with van der Waals surface area (Å²) in [6.45, 7) is 3.68. The minimum Gasteiger partial charge on any atom is -1.00 e. The van der Waals surface area contributed by atoms with Gasteiger partial charge in [0.2, 0.25) is 10.0 Å². The molecule has 1 saturated carbocycles. The van der Waals surface area contributed by atoms with E-state index in [-0.39, 0.29) is 145 Å². The fourth-order valence-electron chi connectivity index (χ4n) is 7.80. The van der Waals surface area contributed by atoms with Crippen LogP contribution in [0.25, 0.3) is 0 Å². The molecule has 0 atom stereocenters. The van der Waals surface area contributed by atoms with Crippen LogP contribution in [0.2, 0.25) is 0 Å². The number of carbonyl (C=O) groups excluding carboxylic acids is 2. The molecule has 1 aliphatic heterocycles. The standard InChI is InChI=1S/C44H50N4O8S.2K.2H/c1-2-48(36-22-18-33(19-23-36)44(53)54)57(55,56)38-11-7-10-34(28-38)41(49)46-40-25-24-37(47-26-4-3-5-27-47)29-39(40)42(50)45-35-20-14-31(15-21-35)9-6-8-30-12-16-32(17-13-30)43(51)52;;;;/h7,10-17,20-21,24-25,28-29,33,36H,2-6,8-9,18-19,22-23,26-27H2,1H3,(H,45,50)(H,46,49)(H,51,52)(H,53,54);;;;/q;2*+1;2*-1. The zero-order chi connectivity index (χ0) is 40.5. The summed E-state index contributed by atoms with van der Waals surface area (Å²) in [7, 11) is -4.00. The van der Waals surface area contributed by atoms with Gasteiger partial charge in [-0.15, -0.1) is 0 Å². The van der Waals surface area contributed by atoms with Crippen LogP contribution in [0.1, 0.15) is 103 Å². The molecular formula is C44H52K2N4O8S. The molecule has 0 radical (unpaired) electrons. The number of carboxylic acids is 2. The molecule has 2 amide bonds. The number of hydrogen-bond acceptors (Lipinski definition) is 7. The molecule has 304 valence electrons. The summed E-state index contributed by atoms with van der Waals surface area (Å²) in [5.41, 5.74) is 4.53. The monoisotopic (exact) mass is 874 g/mol. The number of aliphatic carboxylic acids is 1. The Labute approximate surface area is 434 Å². The summed E-state index contributed by atoms with van der Waals surface area (Å²) in [5, 5.41) is 24.4. The molecule has 1 aliphatic carbocycles. The molecule has 12 nitrogen and oxygen atoms in total. The van der Waals surface area contributed by atoms with Crippen molar-refractivity contribution in [2.75, 3.05) is 35.2 Å². The van der Waals surface area contributed by atoms with Crippen LogP contribution in [-0.4, -0.2) is 72.4 Å². The van der Waals surface area contributed by atoms with E-state index in [4.69, 9.17) is 5.11 Å². The number of sulfonamides is 1. The van der Waals surface area contributed by atoms with E-state index in [0.29, 0.717) is 31.4 Å². The molecule has 2 aliphatic rings. The van der Waals surface area contributed by atoms with Gasteiger partial charge in [-0.2, -0.15) is 4.31 Å². The Morgan fingerprint density at radius 1 is 0.746 bits per heavy atom. The van der Waals surface area contributed by atoms with E-state index >= 15 is 0 Å². The first-order valence-corrected chi connectivity index (χ1v) is 21.1. The number of aryl methyl sites for hydroxylation is 2. The van der Waals surface area contributed by atoms with Crippen LogP contribution in [0.4, 0.5) is 17.1 Å². The van der Waals surface area contributed by atoms with Crippen LogP contribution < -0.4 is 118 Å². The van der Waals surface area contributed by atoms with E-state index in [1.165, 1.54) is 28.6 Å². The zero-order valence-electron chi connectivity index (χ0n) is 36.2. The van der Waals surface area contributed by atoms with Crippen molar-refractivity contribution >= 4 is 50.8 Å². The third-order valence-corrected chi connectivity index (χ3v) is 13.1. The van der Waals surface area contributed by atoms with Gasteiger partial charge in [0.05, 0.1) is 27.6 Å². The molecule has 4 N–H and O–H groups in total. The molecule has 4 aromatic rings. The van der Waals surface area contributed by atoms with Gasteiger partial charge < -0.3 is 28.6 Å². The van der Waals surface area contributed by atoms with Crippen molar-refractivity contribution in [2.24, 2.45) is 5.92 Å². The van der Waals surface area contributed by atoms with Gasteiger partial charge in [-0.1, -0.05) is 37.3 Å². The minimum absolute atomic E-state index is 0. The van der Waals surface area contributed by atoms with Crippen molar-refractivity contribution in [3.05, 3.63) is 119 Å². The van der Waals surface area contributed by atoms with Crippen molar-refractivity contribution in [2.45, 2.75) is 82.1 Å². The Balaban J connectivity index is 0.00000320. The summed E-state index contributed by atoms with van der Waals surface area (Å²) < 4.78 is 29.2. The molecule has 0 spiro atoms. The third kappa shape index (κ3) is 13.1. The fourth-order valence-corrected chi connectivity index (χ4v) is 9.54. The van der Waals surface area contributed by atoms with E-state index in [9.17, 15) is 32.7 Å². The van der Waals surface area contributed by atoms with Gasteiger partial charge in [0, 0.05) is 42.6 Å². The van der Waals surface area contributed by atoms with Gasteiger partial charge in [-0.25, -0.2) is 13.2 Å². The van der Waals surface area contributed by atoms with E-state index in [0.717, 1.165) is 68.4 Å². The largest absolute Gasteiger partial charge is 1.00 e. The number of aromatic carboxylic acids is 1. The van der Waals surface area contributed by atoms with E-state index in [2.05, 4.69) is 15.5 Å². The first-order chi connectivity index (χ1) is 27.4. The first-order valence-electron chi connectivity index (χ1n) is 19.7. The van der Waals surface area contributed by atoms with Crippen LogP contribution in [0.15, 0.2) is 95.9 Å². The molecule has 59 heavy (non-hydrogen) atoms. The van der Waals surface area contributed by atoms with Crippen LogP contribution in [0.5, 0.6) is 0 Å². The Kier molecular flexibility index (Phi) is 19.5. The quantitative estimate of drug-likeness (QED) is 0.130. The Morgan fingerprint density at radius 3 is 1.97 bits per heavy atom. The summed E-state index contributed by atoms with van der Waals surface area (Å²) in [5.74, 6) is -3.26. The maximum Gasteiger partial charge on any atom is 1.00 e. The molecule has 1 saturated heterocycles. The Hall–Kier alpha value is -2.26. The number of benzene rings is 4. The molecule has 0 aromatic heterocycles.